The van der Waals surface area contributed by atoms with Gasteiger partial charge in [-0.3, -0.25) is 14.4 Å². The van der Waals surface area contributed by atoms with Gasteiger partial charge in [-0.15, -0.1) is 0 Å². The molecule has 5 nitrogen and oxygen atoms in total. The number of hydrogen-bond donors (Lipinski definition) is 0. The Morgan fingerprint density at radius 3 is 2.38 bits per heavy atom. The lowest BCUT2D eigenvalue weighted by Gasteiger charge is -2.69. The summed E-state index contributed by atoms with van der Waals surface area (Å²) in [6, 6.07) is 2.19. The molecule has 8 atom stereocenters. The Morgan fingerprint density at radius 2 is 1.73 bits per heavy atom. The molecule has 40 heavy (non-hydrogen) atoms. The minimum atomic E-state index is -0.459. The van der Waals surface area contributed by atoms with Gasteiger partial charge in [0, 0.05) is 36.8 Å². The van der Waals surface area contributed by atoms with E-state index in [1.807, 2.05) is 24.0 Å². The predicted molar refractivity (Wildman–Crippen MR) is 155 cm³/mol. The lowest BCUT2D eigenvalue weighted by Crippen LogP contribution is -2.64. The Kier molecular flexibility index (Phi) is 6.21. The molecule has 6 aliphatic rings. The molecule has 1 amide bonds. The lowest BCUT2D eigenvalue weighted by atomic mass is 9.34. The molecule has 0 spiro atoms. The van der Waals surface area contributed by atoms with Crippen LogP contribution in [0.25, 0.3) is 0 Å². The van der Waals surface area contributed by atoms with Gasteiger partial charge in [0.25, 0.3) is 0 Å². The highest BCUT2D eigenvalue weighted by atomic mass is 16.2. The molecule has 0 N–H and O–H groups in total. The van der Waals surface area contributed by atoms with Gasteiger partial charge in [0.15, 0.2) is 11.6 Å². The summed E-state index contributed by atoms with van der Waals surface area (Å²) in [6.45, 7) is 15.5. The SMILES string of the molecule is C[C@@H]1C(=O)C(C#N)=C[C@]2(C)C3=CC(=O)C4C5CC(C)(C)CC[C@]5(CCC(=O)N5CCC5)CC[C@@]4(C)[C@]3(C)CC[C@@H]12. The second-order valence-electron chi connectivity index (χ2n) is 16.0. The fourth-order valence-electron chi connectivity index (χ4n) is 10.9. The molecule has 0 aromatic carbocycles. The smallest absolute Gasteiger partial charge is 0.222 e. The van der Waals surface area contributed by atoms with Gasteiger partial charge in [0.2, 0.25) is 5.91 Å². The molecule has 0 bridgehead atoms. The van der Waals surface area contributed by atoms with Crippen molar-refractivity contribution >= 4 is 17.5 Å². The maximum absolute atomic E-state index is 14.6. The molecule has 5 heteroatoms. The van der Waals surface area contributed by atoms with Crippen LogP contribution < -0.4 is 0 Å². The van der Waals surface area contributed by atoms with Gasteiger partial charge in [-0.25, -0.2) is 0 Å². The number of carbonyl (C=O) groups excluding carboxylic acids is 3. The van der Waals surface area contributed by atoms with E-state index >= 15 is 0 Å². The summed E-state index contributed by atoms with van der Waals surface area (Å²) in [5, 5.41) is 9.83. The zero-order valence-corrected chi connectivity index (χ0v) is 25.6. The maximum Gasteiger partial charge on any atom is 0.222 e. The Bertz CT molecular complexity index is 1270. The molecular weight excluding hydrogens is 496 g/mol. The van der Waals surface area contributed by atoms with Crippen molar-refractivity contribution in [3.8, 4) is 6.07 Å². The summed E-state index contributed by atoms with van der Waals surface area (Å²) in [5.41, 5.74) is 0.859. The minimum Gasteiger partial charge on any atom is -0.343 e. The van der Waals surface area contributed by atoms with Crippen LogP contribution in [-0.4, -0.2) is 35.5 Å². The fourth-order valence-corrected chi connectivity index (χ4v) is 10.9. The Morgan fingerprint density at radius 1 is 1.02 bits per heavy atom. The van der Waals surface area contributed by atoms with E-state index < -0.39 is 5.41 Å². The Balaban J connectivity index is 1.42. The number of rotatable bonds is 3. The standard InChI is InChI=1S/C35H48N2O3/c1-22-24-8-10-33(5)27(32(24,4)19-23(21-36)30(22)40)18-26(38)29-25-20-31(2,3)12-14-35(25,15-13-34(29,33)6)11-9-28(39)37-16-7-17-37/h18-19,22,24-25,29H,7-17,20H2,1-6H3/t22-,24-,25?,29?,32-,33+,34+,35+/m0/s1. The van der Waals surface area contributed by atoms with Gasteiger partial charge >= 0.3 is 0 Å². The summed E-state index contributed by atoms with van der Waals surface area (Å²) in [5.74, 6) is 0.661. The van der Waals surface area contributed by atoms with Crippen LogP contribution in [0.5, 0.6) is 0 Å². The number of allylic oxidation sites excluding steroid dienone is 4. The van der Waals surface area contributed by atoms with Crippen LogP contribution in [0.3, 0.4) is 0 Å². The van der Waals surface area contributed by atoms with Crippen LogP contribution >= 0.6 is 0 Å². The largest absolute Gasteiger partial charge is 0.343 e. The van der Waals surface area contributed by atoms with Crippen molar-refractivity contribution in [3.05, 3.63) is 23.3 Å². The summed E-state index contributed by atoms with van der Waals surface area (Å²) >= 11 is 0. The number of amides is 1. The maximum atomic E-state index is 14.6. The number of Topliss-reactive ketones (excluding diaryl/α,β-unsaturated/α-hetero) is 1. The first kappa shape index (κ1) is 27.9. The fraction of sp³-hybridized carbons (Fsp3) is 0.771. The number of nitriles is 1. The molecule has 6 rings (SSSR count). The van der Waals surface area contributed by atoms with E-state index in [-0.39, 0.29) is 62.5 Å². The van der Waals surface area contributed by atoms with Gasteiger partial charge in [0.1, 0.15) is 6.07 Å². The number of hydrogen-bond acceptors (Lipinski definition) is 4. The predicted octanol–water partition coefficient (Wildman–Crippen LogP) is 6.83. The van der Waals surface area contributed by atoms with Crippen molar-refractivity contribution in [3.63, 3.8) is 0 Å². The molecule has 5 aliphatic carbocycles. The molecular formula is C35H48N2O3. The van der Waals surface area contributed by atoms with Crippen molar-refractivity contribution in [2.45, 2.75) is 106 Å². The normalized spacial score (nSPS) is 45.5. The summed E-state index contributed by atoms with van der Waals surface area (Å²) in [6.07, 6.45) is 13.9. The van der Waals surface area contributed by atoms with Crippen molar-refractivity contribution < 1.29 is 14.4 Å². The first-order valence-corrected chi connectivity index (χ1v) is 15.9. The number of likely N-dealkylation sites (tertiary alicyclic amines) is 1. The van der Waals surface area contributed by atoms with E-state index in [0.29, 0.717) is 12.3 Å². The quantitative estimate of drug-likeness (QED) is 0.390. The Hall–Kier alpha value is -2.22. The van der Waals surface area contributed by atoms with Crippen molar-refractivity contribution in [2.75, 3.05) is 13.1 Å². The first-order valence-electron chi connectivity index (χ1n) is 15.9. The average Bonchev–Trinajstić information content (AvgIpc) is 2.85. The van der Waals surface area contributed by atoms with Crippen LogP contribution in [-0.2, 0) is 14.4 Å². The van der Waals surface area contributed by atoms with Crippen LogP contribution in [0, 0.1) is 62.1 Å². The topological polar surface area (TPSA) is 78.2 Å². The summed E-state index contributed by atoms with van der Waals surface area (Å²) in [7, 11) is 0. The van der Waals surface area contributed by atoms with E-state index in [2.05, 4.69) is 40.7 Å². The zero-order valence-electron chi connectivity index (χ0n) is 25.6. The van der Waals surface area contributed by atoms with Gasteiger partial charge < -0.3 is 4.90 Å². The summed E-state index contributed by atoms with van der Waals surface area (Å²) in [4.78, 5) is 42.5. The van der Waals surface area contributed by atoms with Crippen molar-refractivity contribution in [1.82, 2.24) is 4.90 Å². The Labute approximate surface area is 240 Å². The molecule has 0 aromatic heterocycles. The monoisotopic (exact) mass is 544 g/mol. The highest BCUT2D eigenvalue weighted by molar-refractivity contribution is 6.02. The molecule has 0 aromatic rings. The van der Waals surface area contributed by atoms with E-state index in [1.54, 1.807) is 0 Å². The third-order valence-electron chi connectivity index (χ3n) is 13.7. The summed E-state index contributed by atoms with van der Waals surface area (Å²) < 4.78 is 0. The second kappa shape index (κ2) is 8.89. The van der Waals surface area contributed by atoms with Gasteiger partial charge in [-0.1, -0.05) is 53.2 Å². The van der Waals surface area contributed by atoms with Gasteiger partial charge in [-0.05, 0) is 97.4 Å². The van der Waals surface area contributed by atoms with E-state index in [4.69, 9.17) is 0 Å². The molecule has 1 aliphatic heterocycles. The third-order valence-corrected chi connectivity index (χ3v) is 13.7. The van der Waals surface area contributed by atoms with Gasteiger partial charge in [0.05, 0.1) is 5.57 Å². The van der Waals surface area contributed by atoms with Crippen LogP contribution in [0.15, 0.2) is 23.3 Å². The molecule has 216 valence electrons. The number of ketones is 2. The van der Waals surface area contributed by atoms with Crippen LogP contribution in [0.2, 0.25) is 0 Å². The molecule has 1 heterocycles. The highest BCUT2D eigenvalue weighted by Gasteiger charge is 2.68. The van der Waals surface area contributed by atoms with Gasteiger partial charge in [-0.2, -0.15) is 5.26 Å². The highest BCUT2D eigenvalue weighted by Crippen LogP contribution is 2.74. The lowest BCUT2D eigenvalue weighted by molar-refractivity contribution is -0.172. The van der Waals surface area contributed by atoms with E-state index in [1.165, 1.54) is 5.57 Å². The van der Waals surface area contributed by atoms with Crippen molar-refractivity contribution in [1.29, 1.82) is 5.26 Å². The van der Waals surface area contributed by atoms with E-state index in [0.717, 1.165) is 70.9 Å². The average molecular weight is 545 g/mol. The third kappa shape index (κ3) is 3.66. The molecule has 1 saturated heterocycles. The van der Waals surface area contributed by atoms with Crippen LogP contribution in [0.1, 0.15) is 106 Å². The zero-order chi connectivity index (χ0) is 28.9. The molecule has 4 fully saturated rings. The molecule has 2 unspecified atom stereocenters. The molecule has 3 saturated carbocycles. The van der Waals surface area contributed by atoms with E-state index in [9.17, 15) is 19.6 Å². The first-order chi connectivity index (χ1) is 18.7. The molecule has 0 radical (unpaired) electrons. The number of nitrogens with zero attached hydrogens (tertiary/aromatic N) is 2. The van der Waals surface area contributed by atoms with Crippen molar-refractivity contribution in [2.24, 2.45) is 50.7 Å². The number of carbonyl (C=O) groups is 3. The second-order valence-corrected chi connectivity index (χ2v) is 16.0. The minimum absolute atomic E-state index is 0.0416. The number of fused-ring (bicyclic) bond motifs is 7. The van der Waals surface area contributed by atoms with Crippen LogP contribution in [0.4, 0.5) is 0 Å².